The second-order valence-corrected chi connectivity index (χ2v) is 6.89. The summed E-state index contributed by atoms with van der Waals surface area (Å²) in [4.78, 5) is 21.1. The minimum Gasteiger partial charge on any atom is -0.497 e. The lowest BCUT2D eigenvalue weighted by atomic mass is 10.2. The third kappa shape index (κ3) is 6.61. The Morgan fingerprint density at radius 3 is 2.71 bits per heavy atom. The van der Waals surface area contributed by atoms with E-state index in [1.54, 1.807) is 14.2 Å². The molecule has 0 aliphatic carbocycles. The number of benzene rings is 1. The first-order chi connectivity index (χ1) is 13.4. The highest BCUT2D eigenvalue weighted by molar-refractivity contribution is 5.76. The lowest BCUT2D eigenvalue weighted by Gasteiger charge is -2.24. The third-order valence-electron chi connectivity index (χ3n) is 4.43. The van der Waals surface area contributed by atoms with Crippen molar-refractivity contribution in [3.8, 4) is 5.75 Å². The highest BCUT2D eigenvalue weighted by atomic mass is 16.5. The first-order valence-corrected chi connectivity index (χ1v) is 9.33. The van der Waals surface area contributed by atoms with Crippen LogP contribution in [-0.2, 0) is 22.5 Å². The number of nitrogens with zero attached hydrogens (tertiary/aromatic N) is 4. The van der Waals surface area contributed by atoms with Gasteiger partial charge in [0.05, 0.1) is 7.11 Å². The summed E-state index contributed by atoms with van der Waals surface area (Å²) in [6, 6.07) is 7.77. The number of hydrogen-bond acceptors (Lipinski definition) is 7. The topological polar surface area (TPSA) is 80.9 Å². The minimum absolute atomic E-state index is 0.0456. The van der Waals surface area contributed by atoms with Gasteiger partial charge >= 0.3 is 0 Å². The molecule has 8 heteroatoms. The van der Waals surface area contributed by atoms with Crippen molar-refractivity contribution in [3.63, 3.8) is 0 Å². The van der Waals surface area contributed by atoms with Crippen molar-refractivity contribution in [1.82, 2.24) is 19.9 Å². The standard InChI is InChI=1S/C20H30N4O4/c1-15(26-4)20-21-18(28-22-20)9-10-19(25)24(12-11-23(2)3)14-16-7-6-8-17(13-16)27-5/h6-8,13,15H,9-12,14H2,1-5H3/t15-/m0/s1. The van der Waals surface area contributed by atoms with Gasteiger partial charge in [0.15, 0.2) is 5.82 Å². The zero-order valence-corrected chi connectivity index (χ0v) is 17.3. The number of methoxy groups -OCH3 is 2. The van der Waals surface area contributed by atoms with Gasteiger partial charge in [0.2, 0.25) is 11.8 Å². The maximum atomic E-state index is 12.8. The number of hydrogen-bond donors (Lipinski definition) is 0. The molecule has 1 atom stereocenters. The lowest BCUT2D eigenvalue weighted by molar-refractivity contribution is -0.132. The van der Waals surface area contributed by atoms with Gasteiger partial charge in [-0.05, 0) is 38.7 Å². The third-order valence-corrected chi connectivity index (χ3v) is 4.43. The molecule has 1 heterocycles. The predicted octanol–water partition coefficient (Wildman–Crippen LogP) is 2.31. The SMILES string of the molecule is COc1cccc(CN(CCN(C)C)C(=O)CCc2nc([C@H](C)OC)no2)c1. The van der Waals surface area contributed by atoms with Gasteiger partial charge in [-0.25, -0.2) is 0 Å². The van der Waals surface area contributed by atoms with Crippen LogP contribution >= 0.6 is 0 Å². The van der Waals surface area contributed by atoms with Crippen LogP contribution in [0.2, 0.25) is 0 Å². The van der Waals surface area contributed by atoms with Crippen LogP contribution in [0.25, 0.3) is 0 Å². The van der Waals surface area contributed by atoms with E-state index in [4.69, 9.17) is 14.0 Å². The monoisotopic (exact) mass is 390 g/mol. The number of rotatable bonds is 11. The van der Waals surface area contributed by atoms with Crippen molar-refractivity contribution >= 4 is 5.91 Å². The van der Waals surface area contributed by atoms with Crippen LogP contribution in [0.4, 0.5) is 0 Å². The second-order valence-electron chi connectivity index (χ2n) is 6.89. The predicted molar refractivity (Wildman–Crippen MR) is 105 cm³/mol. The van der Waals surface area contributed by atoms with Gasteiger partial charge in [0.25, 0.3) is 0 Å². The molecule has 154 valence electrons. The van der Waals surface area contributed by atoms with Crippen molar-refractivity contribution in [2.75, 3.05) is 41.4 Å². The molecule has 0 fully saturated rings. The van der Waals surface area contributed by atoms with E-state index < -0.39 is 0 Å². The fourth-order valence-electron chi connectivity index (χ4n) is 2.62. The molecule has 0 radical (unpaired) electrons. The molecule has 0 aliphatic rings. The van der Waals surface area contributed by atoms with E-state index in [2.05, 4.69) is 15.0 Å². The molecule has 28 heavy (non-hydrogen) atoms. The van der Waals surface area contributed by atoms with Crippen LogP contribution in [0.1, 0.15) is 36.7 Å². The number of ether oxygens (including phenoxy) is 2. The summed E-state index contributed by atoms with van der Waals surface area (Å²) in [5.41, 5.74) is 1.03. The Labute approximate surface area is 166 Å². The van der Waals surface area contributed by atoms with Gasteiger partial charge in [-0.15, -0.1) is 0 Å². The molecule has 0 N–H and O–H groups in total. The fourth-order valence-corrected chi connectivity index (χ4v) is 2.62. The molecule has 0 saturated heterocycles. The normalized spacial score (nSPS) is 12.2. The van der Waals surface area contributed by atoms with E-state index in [9.17, 15) is 4.79 Å². The summed E-state index contributed by atoms with van der Waals surface area (Å²) in [5.74, 6) is 1.76. The number of carbonyl (C=O) groups is 1. The average molecular weight is 390 g/mol. The molecule has 0 aliphatic heterocycles. The Morgan fingerprint density at radius 2 is 2.04 bits per heavy atom. The van der Waals surface area contributed by atoms with Gasteiger partial charge in [-0.1, -0.05) is 17.3 Å². The summed E-state index contributed by atoms with van der Waals surface area (Å²) >= 11 is 0. The van der Waals surface area contributed by atoms with E-state index >= 15 is 0 Å². The van der Waals surface area contributed by atoms with Gasteiger partial charge in [0, 0.05) is 39.6 Å². The molecule has 2 rings (SSSR count). The molecule has 8 nitrogen and oxygen atoms in total. The summed E-state index contributed by atoms with van der Waals surface area (Å²) in [6.45, 7) is 3.79. The summed E-state index contributed by atoms with van der Waals surface area (Å²) in [6.07, 6.45) is 0.469. The minimum atomic E-state index is -0.238. The molecule has 0 spiro atoms. The largest absolute Gasteiger partial charge is 0.497 e. The molecule has 0 unspecified atom stereocenters. The highest BCUT2D eigenvalue weighted by Gasteiger charge is 2.18. The first kappa shape index (κ1) is 21.8. The molecular weight excluding hydrogens is 360 g/mol. The summed E-state index contributed by atoms with van der Waals surface area (Å²) in [5, 5.41) is 3.90. The maximum Gasteiger partial charge on any atom is 0.227 e. The fraction of sp³-hybridized carbons (Fsp3) is 0.550. The van der Waals surface area contributed by atoms with E-state index in [0.29, 0.717) is 37.6 Å². The Kier molecular flexibility index (Phi) is 8.41. The van der Waals surface area contributed by atoms with Crippen LogP contribution in [-0.4, -0.2) is 67.3 Å². The van der Waals surface area contributed by atoms with Crippen LogP contribution in [0, 0.1) is 0 Å². The van der Waals surface area contributed by atoms with Crippen molar-refractivity contribution in [2.24, 2.45) is 0 Å². The van der Waals surface area contributed by atoms with E-state index in [1.807, 2.05) is 50.2 Å². The smallest absolute Gasteiger partial charge is 0.227 e. The summed E-state index contributed by atoms with van der Waals surface area (Å²) in [7, 11) is 7.21. The number of likely N-dealkylation sites (N-methyl/N-ethyl adjacent to an activating group) is 1. The number of carbonyl (C=O) groups excluding carboxylic acids is 1. The van der Waals surface area contributed by atoms with Crippen molar-refractivity contribution < 1.29 is 18.8 Å². The van der Waals surface area contributed by atoms with Crippen molar-refractivity contribution in [2.45, 2.75) is 32.4 Å². The van der Waals surface area contributed by atoms with E-state index in [0.717, 1.165) is 17.9 Å². The maximum absolute atomic E-state index is 12.8. The molecule has 2 aromatic rings. The van der Waals surface area contributed by atoms with Gasteiger partial charge < -0.3 is 23.8 Å². The Balaban J connectivity index is 2.00. The second kappa shape index (κ2) is 10.8. The first-order valence-electron chi connectivity index (χ1n) is 9.33. The lowest BCUT2D eigenvalue weighted by Crippen LogP contribution is -2.36. The molecule has 0 bridgehead atoms. The zero-order valence-electron chi connectivity index (χ0n) is 17.3. The molecule has 1 amide bonds. The van der Waals surface area contributed by atoms with Gasteiger partial charge in [-0.3, -0.25) is 4.79 Å². The molecule has 1 aromatic carbocycles. The Bertz CT molecular complexity index is 747. The highest BCUT2D eigenvalue weighted by Crippen LogP contribution is 2.16. The van der Waals surface area contributed by atoms with Crippen LogP contribution in [0.3, 0.4) is 0 Å². The molecule has 0 saturated carbocycles. The summed E-state index contributed by atoms with van der Waals surface area (Å²) < 4.78 is 15.7. The van der Waals surface area contributed by atoms with Crippen LogP contribution < -0.4 is 4.74 Å². The molecule has 1 aromatic heterocycles. The number of aryl methyl sites for hydroxylation is 1. The molecular formula is C20H30N4O4. The van der Waals surface area contributed by atoms with Gasteiger partial charge in [0.1, 0.15) is 11.9 Å². The quantitative estimate of drug-likeness (QED) is 0.582. The van der Waals surface area contributed by atoms with Crippen LogP contribution in [0.15, 0.2) is 28.8 Å². The van der Waals surface area contributed by atoms with Crippen LogP contribution in [0.5, 0.6) is 5.75 Å². The zero-order chi connectivity index (χ0) is 20.5. The Hall–Kier alpha value is -2.45. The van der Waals surface area contributed by atoms with Gasteiger partial charge in [-0.2, -0.15) is 4.98 Å². The number of amides is 1. The Morgan fingerprint density at radius 1 is 1.25 bits per heavy atom. The van der Waals surface area contributed by atoms with Crippen molar-refractivity contribution in [1.29, 1.82) is 0 Å². The van der Waals surface area contributed by atoms with Crippen molar-refractivity contribution in [3.05, 3.63) is 41.5 Å². The number of aromatic nitrogens is 2. The van der Waals surface area contributed by atoms with E-state index in [1.165, 1.54) is 0 Å². The van der Waals surface area contributed by atoms with E-state index in [-0.39, 0.29) is 12.0 Å². The average Bonchev–Trinajstić information content (AvgIpc) is 3.17.